The Bertz CT molecular complexity index is 424. The van der Waals surface area contributed by atoms with Crippen LogP contribution < -0.4 is 5.32 Å². The quantitative estimate of drug-likeness (QED) is 0.432. The fourth-order valence-corrected chi connectivity index (χ4v) is 2.03. The van der Waals surface area contributed by atoms with E-state index < -0.39 is 4.92 Å². The molecule has 0 aliphatic heterocycles. The molecule has 1 aromatic rings. The molecule has 0 saturated carbocycles. The first kappa shape index (κ1) is 15.6. The predicted octanol–water partition coefficient (Wildman–Crippen LogP) is 2.25. The largest absolute Gasteiger partial charge is 0.396 e. The van der Waals surface area contributed by atoms with Crippen molar-refractivity contribution in [3.05, 3.63) is 21.6 Å². The predicted molar refractivity (Wildman–Crippen MR) is 72.3 cm³/mol. The zero-order chi connectivity index (χ0) is 14.3. The summed E-state index contributed by atoms with van der Waals surface area (Å²) in [4.78, 5) is 17.7. The van der Waals surface area contributed by atoms with Crippen LogP contribution in [-0.4, -0.2) is 33.1 Å². The lowest BCUT2D eigenvalue weighted by atomic mass is 10.0. The fourth-order valence-electron chi connectivity index (χ4n) is 1.83. The SMILES string of the molecule is CCCC(CCO)CNc1ncnc(Cl)c1[N+](=O)[O-]. The number of aliphatic hydroxyl groups excluding tert-OH is 1. The molecule has 0 saturated heterocycles. The van der Waals surface area contributed by atoms with Crippen LogP contribution in [0.15, 0.2) is 6.33 Å². The lowest BCUT2D eigenvalue weighted by molar-refractivity contribution is -0.384. The molecule has 0 aromatic carbocycles. The van der Waals surface area contributed by atoms with E-state index in [4.69, 9.17) is 16.7 Å². The van der Waals surface area contributed by atoms with Gasteiger partial charge in [-0.1, -0.05) is 24.9 Å². The summed E-state index contributed by atoms with van der Waals surface area (Å²) in [6.45, 7) is 2.65. The number of halogens is 1. The van der Waals surface area contributed by atoms with Crippen molar-refractivity contribution in [1.29, 1.82) is 0 Å². The molecule has 0 amide bonds. The third-order valence-corrected chi connectivity index (χ3v) is 3.03. The highest BCUT2D eigenvalue weighted by Crippen LogP contribution is 2.28. The van der Waals surface area contributed by atoms with Gasteiger partial charge < -0.3 is 10.4 Å². The van der Waals surface area contributed by atoms with Crippen LogP contribution in [0.2, 0.25) is 5.15 Å². The van der Waals surface area contributed by atoms with Gasteiger partial charge in [-0.05, 0) is 18.8 Å². The number of hydrogen-bond donors (Lipinski definition) is 2. The minimum Gasteiger partial charge on any atom is -0.396 e. The van der Waals surface area contributed by atoms with E-state index in [9.17, 15) is 10.1 Å². The molecule has 0 aliphatic rings. The highest BCUT2D eigenvalue weighted by Gasteiger charge is 2.21. The van der Waals surface area contributed by atoms with Gasteiger partial charge in [-0.3, -0.25) is 10.1 Å². The Labute approximate surface area is 116 Å². The molecular formula is C11H17ClN4O3. The first-order valence-electron chi connectivity index (χ1n) is 6.09. The van der Waals surface area contributed by atoms with E-state index in [0.717, 1.165) is 12.8 Å². The van der Waals surface area contributed by atoms with Gasteiger partial charge in [0.25, 0.3) is 0 Å². The molecule has 1 rings (SSSR count). The summed E-state index contributed by atoms with van der Waals surface area (Å²) in [5, 5.41) is 22.6. The van der Waals surface area contributed by atoms with Crippen molar-refractivity contribution in [2.24, 2.45) is 5.92 Å². The normalized spacial score (nSPS) is 12.2. The summed E-state index contributed by atoms with van der Waals surface area (Å²) in [6.07, 6.45) is 3.74. The minimum atomic E-state index is -0.606. The fraction of sp³-hybridized carbons (Fsp3) is 0.636. The molecule has 106 valence electrons. The smallest absolute Gasteiger partial charge is 0.348 e. The molecule has 0 fully saturated rings. The van der Waals surface area contributed by atoms with Gasteiger partial charge in [0.1, 0.15) is 6.33 Å². The lowest BCUT2D eigenvalue weighted by Crippen LogP contribution is -2.17. The maximum Gasteiger partial charge on any atom is 0.348 e. The summed E-state index contributed by atoms with van der Waals surface area (Å²) in [7, 11) is 0. The van der Waals surface area contributed by atoms with Crippen LogP contribution in [0.3, 0.4) is 0 Å². The molecule has 1 aromatic heterocycles. The van der Waals surface area contributed by atoms with Crippen LogP contribution in [0.4, 0.5) is 11.5 Å². The van der Waals surface area contributed by atoms with Crippen molar-refractivity contribution in [3.8, 4) is 0 Å². The Morgan fingerprint density at radius 3 is 2.84 bits per heavy atom. The molecule has 1 heterocycles. The van der Waals surface area contributed by atoms with Gasteiger partial charge in [0.15, 0.2) is 0 Å². The van der Waals surface area contributed by atoms with Crippen LogP contribution in [-0.2, 0) is 0 Å². The lowest BCUT2D eigenvalue weighted by Gasteiger charge is -2.15. The average Bonchev–Trinajstić information content (AvgIpc) is 2.36. The Hall–Kier alpha value is -1.47. The van der Waals surface area contributed by atoms with E-state index in [0.29, 0.717) is 13.0 Å². The number of aromatic nitrogens is 2. The van der Waals surface area contributed by atoms with Crippen LogP contribution in [0.1, 0.15) is 26.2 Å². The van der Waals surface area contributed by atoms with Gasteiger partial charge in [-0.15, -0.1) is 0 Å². The monoisotopic (exact) mass is 288 g/mol. The molecule has 19 heavy (non-hydrogen) atoms. The van der Waals surface area contributed by atoms with Crippen molar-refractivity contribution in [1.82, 2.24) is 9.97 Å². The number of nitrogens with zero attached hydrogens (tertiary/aromatic N) is 3. The molecule has 0 aliphatic carbocycles. The van der Waals surface area contributed by atoms with Gasteiger partial charge in [0, 0.05) is 13.2 Å². The van der Waals surface area contributed by atoms with E-state index in [2.05, 4.69) is 15.3 Å². The first-order chi connectivity index (χ1) is 9.10. The van der Waals surface area contributed by atoms with Gasteiger partial charge in [0.2, 0.25) is 11.0 Å². The van der Waals surface area contributed by atoms with Crippen LogP contribution in [0.5, 0.6) is 0 Å². The Balaban J connectivity index is 2.76. The number of rotatable bonds is 8. The van der Waals surface area contributed by atoms with Crippen LogP contribution >= 0.6 is 11.6 Å². The summed E-state index contributed by atoms with van der Waals surface area (Å²) in [5.41, 5.74) is -0.316. The molecule has 1 unspecified atom stereocenters. The molecule has 1 atom stereocenters. The Morgan fingerprint density at radius 1 is 1.53 bits per heavy atom. The van der Waals surface area contributed by atoms with E-state index in [1.807, 2.05) is 6.92 Å². The second kappa shape index (κ2) is 7.85. The van der Waals surface area contributed by atoms with Crippen LogP contribution in [0.25, 0.3) is 0 Å². The molecule has 0 radical (unpaired) electrons. The maximum absolute atomic E-state index is 10.9. The van der Waals surface area contributed by atoms with E-state index in [1.54, 1.807) is 0 Å². The van der Waals surface area contributed by atoms with E-state index in [1.165, 1.54) is 6.33 Å². The molecule has 2 N–H and O–H groups in total. The van der Waals surface area contributed by atoms with Crippen molar-refractivity contribution in [2.75, 3.05) is 18.5 Å². The second-order valence-corrected chi connectivity index (χ2v) is 4.52. The molecule has 0 bridgehead atoms. The summed E-state index contributed by atoms with van der Waals surface area (Å²) in [6, 6.07) is 0. The van der Waals surface area contributed by atoms with Crippen molar-refractivity contribution in [3.63, 3.8) is 0 Å². The zero-order valence-corrected chi connectivity index (χ0v) is 11.4. The third-order valence-electron chi connectivity index (χ3n) is 2.75. The second-order valence-electron chi connectivity index (χ2n) is 4.17. The highest BCUT2D eigenvalue weighted by molar-refractivity contribution is 6.31. The summed E-state index contributed by atoms with van der Waals surface area (Å²) < 4.78 is 0. The van der Waals surface area contributed by atoms with Gasteiger partial charge in [-0.25, -0.2) is 9.97 Å². The third kappa shape index (κ3) is 4.60. The zero-order valence-electron chi connectivity index (χ0n) is 10.7. The molecular weight excluding hydrogens is 272 g/mol. The molecule has 0 spiro atoms. The average molecular weight is 289 g/mol. The van der Waals surface area contributed by atoms with Crippen molar-refractivity contribution >= 4 is 23.1 Å². The standard InChI is InChI=1S/C11H17ClN4O3/c1-2-3-8(4-5-17)6-13-11-9(16(18)19)10(12)14-7-15-11/h7-8,17H,2-6H2,1H3,(H,13,14,15). The summed E-state index contributed by atoms with van der Waals surface area (Å²) >= 11 is 5.69. The van der Waals surface area contributed by atoms with E-state index >= 15 is 0 Å². The van der Waals surface area contributed by atoms with Gasteiger partial charge in [-0.2, -0.15) is 0 Å². The van der Waals surface area contributed by atoms with Gasteiger partial charge >= 0.3 is 5.69 Å². The number of nitro groups is 1. The number of aliphatic hydroxyl groups is 1. The van der Waals surface area contributed by atoms with Crippen molar-refractivity contribution < 1.29 is 10.0 Å². The molecule has 8 heteroatoms. The number of hydrogen-bond acceptors (Lipinski definition) is 6. The van der Waals surface area contributed by atoms with Crippen LogP contribution in [0, 0.1) is 16.0 Å². The Morgan fingerprint density at radius 2 is 2.26 bits per heavy atom. The topological polar surface area (TPSA) is 101 Å². The summed E-state index contributed by atoms with van der Waals surface area (Å²) in [5.74, 6) is 0.354. The van der Waals surface area contributed by atoms with E-state index in [-0.39, 0.29) is 29.2 Å². The van der Waals surface area contributed by atoms with Gasteiger partial charge in [0.05, 0.1) is 4.92 Å². The van der Waals surface area contributed by atoms with Crippen molar-refractivity contribution in [2.45, 2.75) is 26.2 Å². The number of nitrogens with one attached hydrogen (secondary N) is 1. The number of anilines is 1. The highest BCUT2D eigenvalue weighted by atomic mass is 35.5. The minimum absolute atomic E-state index is 0.0962. The molecule has 7 nitrogen and oxygen atoms in total. The Kier molecular flexibility index (Phi) is 6.44. The first-order valence-corrected chi connectivity index (χ1v) is 6.47. The maximum atomic E-state index is 10.9.